The van der Waals surface area contributed by atoms with E-state index in [0.29, 0.717) is 25.7 Å². The van der Waals surface area contributed by atoms with Gasteiger partial charge in [0.2, 0.25) is 0 Å². The number of Topliss-reactive ketones (excluding diaryl/α,β-unsaturated/α-hetero) is 2. The van der Waals surface area contributed by atoms with Gasteiger partial charge >= 0.3 is 11.9 Å². The molecular formula is C18H20O7. The van der Waals surface area contributed by atoms with Crippen LogP contribution in [0.4, 0.5) is 0 Å². The van der Waals surface area contributed by atoms with Crippen molar-refractivity contribution in [2.45, 2.75) is 50.7 Å². The molecule has 7 heteroatoms. The number of ether oxygens (including phenoxy) is 1. The molecule has 25 heavy (non-hydrogen) atoms. The highest BCUT2D eigenvalue weighted by molar-refractivity contribution is 6.08. The molecule has 2 rings (SSSR count). The minimum absolute atomic E-state index is 0.197. The third-order valence-corrected chi connectivity index (χ3v) is 4.09. The second-order valence-electron chi connectivity index (χ2n) is 6.09. The summed E-state index contributed by atoms with van der Waals surface area (Å²) in [7, 11) is 0. The summed E-state index contributed by atoms with van der Waals surface area (Å²) >= 11 is 0. The summed E-state index contributed by atoms with van der Waals surface area (Å²) in [5, 5.41) is 18.0. The van der Waals surface area contributed by atoms with Crippen LogP contribution in [-0.4, -0.2) is 45.9 Å². The van der Waals surface area contributed by atoms with Gasteiger partial charge in [-0.1, -0.05) is 24.3 Å². The maximum Gasteiger partial charge on any atom is 0.313 e. The zero-order valence-electron chi connectivity index (χ0n) is 13.6. The number of hydrogen-bond acceptors (Lipinski definition) is 6. The van der Waals surface area contributed by atoms with Crippen LogP contribution in [0.3, 0.4) is 0 Å². The van der Waals surface area contributed by atoms with Gasteiger partial charge in [0.1, 0.15) is 18.9 Å². The largest absolute Gasteiger partial charge is 0.481 e. The maximum absolute atomic E-state index is 12.1. The molecule has 0 unspecified atom stereocenters. The lowest BCUT2D eigenvalue weighted by Gasteiger charge is -2.25. The molecule has 2 N–H and O–H groups in total. The number of aliphatic hydroxyl groups is 1. The Labute approximate surface area is 144 Å². The molecule has 0 aliphatic heterocycles. The van der Waals surface area contributed by atoms with Gasteiger partial charge in [0, 0.05) is 11.1 Å². The summed E-state index contributed by atoms with van der Waals surface area (Å²) in [6.45, 7) is 0. The molecule has 0 aromatic heterocycles. The Bertz CT molecular complexity index is 655. The molecule has 1 saturated carbocycles. The number of carboxylic acids is 1. The molecular weight excluding hydrogens is 328 g/mol. The number of carboxylic acid groups (broad SMARTS) is 1. The SMILES string of the molecule is O=C(O)CC(=O)c1ccc(C(=O)CC(=O)OC2CCC(O)CC2)cc1. The lowest BCUT2D eigenvalue weighted by atomic mass is 9.95. The number of rotatable bonds is 7. The first-order valence-corrected chi connectivity index (χ1v) is 8.11. The quantitative estimate of drug-likeness (QED) is 0.438. The van der Waals surface area contributed by atoms with Crippen LogP contribution in [0, 0.1) is 0 Å². The van der Waals surface area contributed by atoms with Crippen LogP contribution >= 0.6 is 0 Å². The van der Waals surface area contributed by atoms with Crippen LogP contribution in [0.5, 0.6) is 0 Å². The van der Waals surface area contributed by atoms with Crippen molar-refractivity contribution < 1.29 is 34.1 Å². The fourth-order valence-electron chi connectivity index (χ4n) is 2.71. The summed E-state index contributed by atoms with van der Waals surface area (Å²) in [4.78, 5) is 46.1. The van der Waals surface area contributed by atoms with Crippen molar-refractivity contribution in [2.24, 2.45) is 0 Å². The summed E-state index contributed by atoms with van der Waals surface area (Å²) in [5.74, 6) is -2.82. The summed E-state index contributed by atoms with van der Waals surface area (Å²) < 4.78 is 5.25. The minimum Gasteiger partial charge on any atom is -0.481 e. The Hall–Kier alpha value is -2.54. The van der Waals surface area contributed by atoms with Crippen LogP contribution in [0.25, 0.3) is 0 Å². The number of carbonyl (C=O) groups is 4. The van der Waals surface area contributed by atoms with E-state index in [4.69, 9.17) is 9.84 Å². The maximum atomic E-state index is 12.1. The fraction of sp³-hybridized carbons (Fsp3) is 0.444. The number of aliphatic hydroxyl groups excluding tert-OH is 1. The van der Waals surface area contributed by atoms with Crippen LogP contribution in [-0.2, 0) is 14.3 Å². The first-order valence-electron chi connectivity index (χ1n) is 8.11. The van der Waals surface area contributed by atoms with Crippen molar-refractivity contribution in [3.8, 4) is 0 Å². The first kappa shape index (κ1) is 18.8. The van der Waals surface area contributed by atoms with Gasteiger partial charge in [0.05, 0.1) is 6.10 Å². The summed E-state index contributed by atoms with van der Waals surface area (Å²) in [5.41, 5.74) is 0.449. The zero-order valence-corrected chi connectivity index (χ0v) is 13.6. The second kappa shape index (κ2) is 8.53. The molecule has 1 aromatic rings. The Morgan fingerprint density at radius 2 is 1.36 bits per heavy atom. The molecule has 0 bridgehead atoms. The molecule has 134 valence electrons. The van der Waals surface area contributed by atoms with Gasteiger partial charge in [-0.15, -0.1) is 0 Å². The van der Waals surface area contributed by atoms with E-state index in [9.17, 15) is 24.3 Å². The Balaban J connectivity index is 1.86. The number of ketones is 2. The van der Waals surface area contributed by atoms with Gasteiger partial charge in [0.15, 0.2) is 11.6 Å². The van der Waals surface area contributed by atoms with Gasteiger partial charge in [-0.3, -0.25) is 19.2 Å². The molecule has 0 saturated heterocycles. The molecule has 1 fully saturated rings. The zero-order chi connectivity index (χ0) is 18.4. The Morgan fingerprint density at radius 3 is 1.84 bits per heavy atom. The first-order chi connectivity index (χ1) is 11.8. The van der Waals surface area contributed by atoms with E-state index in [2.05, 4.69) is 0 Å². The van der Waals surface area contributed by atoms with E-state index >= 15 is 0 Å². The van der Waals surface area contributed by atoms with Gasteiger partial charge in [0.25, 0.3) is 0 Å². The van der Waals surface area contributed by atoms with E-state index in [-0.39, 0.29) is 23.3 Å². The third kappa shape index (κ3) is 5.79. The van der Waals surface area contributed by atoms with Gasteiger partial charge < -0.3 is 14.9 Å². The normalized spacial score (nSPS) is 19.9. The van der Waals surface area contributed by atoms with Crippen LogP contribution in [0.2, 0.25) is 0 Å². The van der Waals surface area contributed by atoms with Crippen molar-refractivity contribution in [3.63, 3.8) is 0 Å². The molecule has 0 spiro atoms. The average molecular weight is 348 g/mol. The summed E-state index contributed by atoms with van der Waals surface area (Å²) in [6.07, 6.45) is 0.703. The van der Waals surface area contributed by atoms with Crippen molar-refractivity contribution in [2.75, 3.05) is 0 Å². The highest BCUT2D eigenvalue weighted by Gasteiger charge is 2.23. The molecule has 1 aliphatic carbocycles. The average Bonchev–Trinajstić information content (AvgIpc) is 2.56. The lowest BCUT2D eigenvalue weighted by molar-refractivity contribution is -0.150. The smallest absolute Gasteiger partial charge is 0.313 e. The number of hydrogen-bond donors (Lipinski definition) is 2. The molecule has 0 heterocycles. The topological polar surface area (TPSA) is 118 Å². The van der Waals surface area contributed by atoms with Crippen LogP contribution in [0.15, 0.2) is 24.3 Å². The minimum atomic E-state index is -1.22. The third-order valence-electron chi connectivity index (χ3n) is 4.09. The van der Waals surface area contributed by atoms with Crippen LogP contribution in [0.1, 0.15) is 59.2 Å². The second-order valence-corrected chi connectivity index (χ2v) is 6.09. The van der Waals surface area contributed by atoms with E-state index < -0.39 is 36.3 Å². The van der Waals surface area contributed by atoms with E-state index in [1.54, 1.807) is 0 Å². The highest BCUT2D eigenvalue weighted by atomic mass is 16.5. The van der Waals surface area contributed by atoms with Crippen molar-refractivity contribution >= 4 is 23.5 Å². The van der Waals surface area contributed by atoms with Crippen molar-refractivity contribution in [1.82, 2.24) is 0 Å². The number of benzene rings is 1. The molecule has 7 nitrogen and oxygen atoms in total. The van der Waals surface area contributed by atoms with Gasteiger partial charge in [-0.05, 0) is 25.7 Å². The molecule has 1 aliphatic rings. The summed E-state index contributed by atoms with van der Waals surface area (Å²) in [6, 6.07) is 5.52. The highest BCUT2D eigenvalue weighted by Crippen LogP contribution is 2.21. The molecule has 0 atom stereocenters. The monoisotopic (exact) mass is 348 g/mol. The van der Waals surface area contributed by atoms with Crippen molar-refractivity contribution in [3.05, 3.63) is 35.4 Å². The van der Waals surface area contributed by atoms with Gasteiger partial charge in [-0.25, -0.2) is 0 Å². The molecule has 0 amide bonds. The lowest BCUT2D eigenvalue weighted by Crippen LogP contribution is -2.27. The van der Waals surface area contributed by atoms with Crippen LogP contribution < -0.4 is 0 Å². The predicted octanol–water partition coefficient (Wildman–Crippen LogP) is 1.76. The Morgan fingerprint density at radius 1 is 0.880 bits per heavy atom. The van der Waals surface area contributed by atoms with E-state index in [1.807, 2.05) is 0 Å². The van der Waals surface area contributed by atoms with Crippen molar-refractivity contribution in [1.29, 1.82) is 0 Å². The Kier molecular flexibility index (Phi) is 6.41. The molecule has 0 radical (unpaired) electrons. The molecule has 1 aromatic carbocycles. The van der Waals surface area contributed by atoms with E-state index in [1.165, 1.54) is 24.3 Å². The van der Waals surface area contributed by atoms with Gasteiger partial charge in [-0.2, -0.15) is 0 Å². The fourth-order valence-corrected chi connectivity index (χ4v) is 2.71. The number of carbonyl (C=O) groups excluding carboxylic acids is 3. The number of aliphatic carboxylic acids is 1. The standard InChI is InChI=1S/C18H20O7/c19-13-5-7-14(8-6-13)25-18(24)10-16(21)12-3-1-11(2-4-12)15(20)9-17(22)23/h1-4,13-14,19H,5-10H2,(H,22,23). The van der Waals surface area contributed by atoms with E-state index in [0.717, 1.165) is 0 Å². The number of esters is 1. The predicted molar refractivity (Wildman–Crippen MR) is 86.3 cm³/mol.